The van der Waals surface area contributed by atoms with Crippen LogP contribution in [-0.2, 0) is 0 Å². The van der Waals surface area contributed by atoms with Crippen molar-refractivity contribution in [1.82, 2.24) is 5.32 Å². The lowest BCUT2D eigenvalue weighted by molar-refractivity contribution is 0.338. The first-order valence-corrected chi connectivity index (χ1v) is 4.43. The van der Waals surface area contributed by atoms with E-state index in [1.165, 1.54) is 37.1 Å². The summed E-state index contributed by atoms with van der Waals surface area (Å²) in [5.41, 5.74) is 2.42. The first-order valence-electron chi connectivity index (χ1n) is 4.43. The Morgan fingerprint density at radius 1 is 1.00 bits per heavy atom. The minimum Gasteiger partial charge on any atom is -0.363 e. The molecule has 0 aromatic rings. The highest BCUT2D eigenvalue weighted by Gasteiger charge is 2.34. The Morgan fingerprint density at radius 2 is 1.45 bits per heavy atom. The zero-order valence-electron chi connectivity index (χ0n) is 6.90. The van der Waals surface area contributed by atoms with Gasteiger partial charge in [0.2, 0.25) is 0 Å². The topological polar surface area (TPSA) is 12.0 Å². The fourth-order valence-corrected chi connectivity index (χ4v) is 2.36. The number of fused-ring (bicyclic) bond motifs is 1. The molecule has 0 aromatic carbocycles. The van der Waals surface area contributed by atoms with Crippen molar-refractivity contribution in [3.05, 3.63) is 24.6 Å². The Kier molecular flexibility index (Phi) is 1.52. The van der Waals surface area contributed by atoms with Crippen LogP contribution in [0.4, 0.5) is 0 Å². The van der Waals surface area contributed by atoms with Gasteiger partial charge in [-0.25, -0.2) is 0 Å². The molecule has 1 nitrogen and oxygen atoms in total. The second kappa shape index (κ2) is 2.40. The van der Waals surface area contributed by atoms with Gasteiger partial charge in [-0.1, -0.05) is 26.0 Å². The Bertz CT molecular complexity index is 183. The zero-order valence-corrected chi connectivity index (χ0v) is 6.90. The summed E-state index contributed by atoms with van der Waals surface area (Å²) in [7, 11) is 0. The summed E-state index contributed by atoms with van der Waals surface area (Å²) in [6.45, 7) is 8.03. The smallest absolute Gasteiger partial charge is 0.0114 e. The van der Waals surface area contributed by atoms with Crippen molar-refractivity contribution in [2.45, 2.75) is 25.7 Å². The third kappa shape index (κ3) is 0.991. The summed E-state index contributed by atoms with van der Waals surface area (Å²) in [5, 5.41) is 3.27. The van der Waals surface area contributed by atoms with Gasteiger partial charge in [-0.15, -0.1) is 0 Å². The maximum absolute atomic E-state index is 4.02. The molecule has 1 saturated carbocycles. The second-order valence-electron chi connectivity index (χ2n) is 3.67. The van der Waals surface area contributed by atoms with E-state index >= 15 is 0 Å². The molecule has 1 heterocycles. The molecule has 1 heteroatoms. The van der Waals surface area contributed by atoms with Crippen molar-refractivity contribution in [2.75, 3.05) is 0 Å². The molecule has 1 saturated heterocycles. The third-order valence-electron chi connectivity index (χ3n) is 2.98. The van der Waals surface area contributed by atoms with E-state index in [1.54, 1.807) is 0 Å². The van der Waals surface area contributed by atoms with Crippen molar-refractivity contribution in [2.24, 2.45) is 11.8 Å². The van der Waals surface area contributed by atoms with Crippen LogP contribution in [0.2, 0.25) is 0 Å². The first-order chi connectivity index (χ1) is 5.29. The van der Waals surface area contributed by atoms with E-state index in [4.69, 9.17) is 0 Å². The Balaban J connectivity index is 2.19. The Labute approximate surface area is 68.2 Å². The fourth-order valence-electron chi connectivity index (χ4n) is 2.36. The number of allylic oxidation sites excluding steroid dienone is 2. The zero-order chi connectivity index (χ0) is 7.84. The molecule has 11 heavy (non-hydrogen) atoms. The summed E-state index contributed by atoms with van der Waals surface area (Å²) in [6.07, 6.45) is 5.37. The third-order valence-corrected chi connectivity index (χ3v) is 2.98. The molecule has 0 radical (unpaired) electrons. The van der Waals surface area contributed by atoms with Crippen molar-refractivity contribution in [3.63, 3.8) is 0 Å². The van der Waals surface area contributed by atoms with Crippen LogP contribution < -0.4 is 5.32 Å². The first kappa shape index (κ1) is 6.96. The summed E-state index contributed by atoms with van der Waals surface area (Å²) >= 11 is 0. The molecule has 60 valence electrons. The van der Waals surface area contributed by atoms with E-state index in [9.17, 15) is 0 Å². The average Bonchev–Trinajstić information content (AvgIpc) is 2.30. The van der Waals surface area contributed by atoms with Gasteiger partial charge in [0.05, 0.1) is 0 Å². The van der Waals surface area contributed by atoms with Crippen LogP contribution in [0, 0.1) is 11.8 Å². The maximum atomic E-state index is 4.02. The Morgan fingerprint density at radius 3 is 1.91 bits per heavy atom. The van der Waals surface area contributed by atoms with Crippen molar-refractivity contribution in [1.29, 1.82) is 0 Å². The summed E-state index contributed by atoms with van der Waals surface area (Å²) in [5.74, 6) is 1.41. The van der Waals surface area contributed by atoms with E-state index in [2.05, 4.69) is 18.5 Å². The predicted molar refractivity (Wildman–Crippen MR) is 46.9 cm³/mol. The van der Waals surface area contributed by atoms with E-state index in [1.807, 2.05) is 0 Å². The van der Waals surface area contributed by atoms with Gasteiger partial charge in [-0.3, -0.25) is 0 Å². The van der Waals surface area contributed by atoms with Crippen molar-refractivity contribution in [3.8, 4) is 0 Å². The highest BCUT2D eigenvalue weighted by Crippen LogP contribution is 2.41. The Hall–Kier alpha value is -0.720. The molecule has 0 spiro atoms. The minimum atomic E-state index is 0.705. The molecular formula is C10H15N. The molecule has 1 aliphatic carbocycles. The largest absolute Gasteiger partial charge is 0.363 e. The maximum Gasteiger partial charge on any atom is 0.0114 e. The molecule has 2 unspecified atom stereocenters. The average molecular weight is 149 g/mol. The fraction of sp³-hybridized carbons (Fsp3) is 0.600. The van der Waals surface area contributed by atoms with Crippen LogP contribution in [0.15, 0.2) is 24.6 Å². The molecule has 0 bridgehead atoms. The highest BCUT2D eigenvalue weighted by atomic mass is 15.0. The van der Waals surface area contributed by atoms with Gasteiger partial charge in [0.15, 0.2) is 0 Å². The van der Waals surface area contributed by atoms with Crippen LogP contribution in [0.25, 0.3) is 0 Å². The lowest BCUT2D eigenvalue weighted by atomic mass is 9.79. The monoisotopic (exact) mass is 149 g/mol. The summed E-state index contributed by atoms with van der Waals surface area (Å²) < 4.78 is 0. The van der Waals surface area contributed by atoms with E-state index in [-0.39, 0.29) is 0 Å². The van der Waals surface area contributed by atoms with Crippen LogP contribution in [0.1, 0.15) is 25.7 Å². The van der Waals surface area contributed by atoms with Crippen LogP contribution in [0.3, 0.4) is 0 Å². The van der Waals surface area contributed by atoms with Crippen molar-refractivity contribution < 1.29 is 0 Å². The van der Waals surface area contributed by atoms with Crippen LogP contribution in [0.5, 0.6) is 0 Å². The standard InChI is InChI=1S/C10H15N/c1-7-9-5-3-4-6-10(9)8(2)11-7/h9-11H,1-6H2. The molecule has 2 aliphatic rings. The molecule has 2 rings (SSSR count). The van der Waals surface area contributed by atoms with E-state index in [0.717, 1.165) is 0 Å². The second-order valence-corrected chi connectivity index (χ2v) is 3.67. The number of nitrogens with one attached hydrogen (secondary N) is 1. The van der Waals surface area contributed by atoms with Crippen LogP contribution >= 0.6 is 0 Å². The normalized spacial score (nSPS) is 36.7. The van der Waals surface area contributed by atoms with Gasteiger partial charge in [-0.2, -0.15) is 0 Å². The summed E-state index contributed by atoms with van der Waals surface area (Å²) in [4.78, 5) is 0. The van der Waals surface area contributed by atoms with Gasteiger partial charge in [0.25, 0.3) is 0 Å². The molecular weight excluding hydrogens is 134 g/mol. The van der Waals surface area contributed by atoms with Crippen LogP contribution in [-0.4, -0.2) is 0 Å². The van der Waals surface area contributed by atoms with Gasteiger partial charge in [0, 0.05) is 23.2 Å². The van der Waals surface area contributed by atoms with Gasteiger partial charge in [-0.05, 0) is 12.8 Å². The quantitative estimate of drug-likeness (QED) is 0.557. The van der Waals surface area contributed by atoms with Crippen molar-refractivity contribution >= 4 is 0 Å². The number of hydrogen-bond acceptors (Lipinski definition) is 1. The number of rotatable bonds is 0. The highest BCUT2D eigenvalue weighted by molar-refractivity contribution is 5.23. The lowest BCUT2D eigenvalue weighted by Crippen LogP contribution is -2.14. The predicted octanol–water partition coefficient (Wildman–Crippen LogP) is 2.42. The van der Waals surface area contributed by atoms with Gasteiger partial charge >= 0.3 is 0 Å². The molecule has 2 fully saturated rings. The molecule has 1 N–H and O–H groups in total. The molecule has 2 atom stereocenters. The van der Waals surface area contributed by atoms with Gasteiger partial charge < -0.3 is 5.32 Å². The molecule has 0 aromatic heterocycles. The molecule has 0 amide bonds. The SMILES string of the molecule is C=C1NC(=C)C2CCCCC12. The lowest BCUT2D eigenvalue weighted by Gasteiger charge is -2.23. The summed E-state index contributed by atoms with van der Waals surface area (Å²) in [6, 6.07) is 0. The van der Waals surface area contributed by atoms with E-state index < -0.39 is 0 Å². The van der Waals surface area contributed by atoms with E-state index in [0.29, 0.717) is 11.8 Å². The van der Waals surface area contributed by atoms with Gasteiger partial charge in [0.1, 0.15) is 0 Å². The molecule has 1 aliphatic heterocycles. The minimum absolute atomic E-state index is 0.705. The number of hydrogen-bond donors (Lipinski definition) is 1.